The molecule has 0 atom stereocenters. The topological polar surface area (TPSA) is 105 Å². The number of amides is 1. The third kappa shape index (κ3) is 4.64. The Labute approximate surface area is 178 Å². The van der Waals surface area contributed by atoms with Gasteiger partial charge in [-0.2, -0.15) is 0 Å². The van der Waals surface area contributed by atoms with E-state index >= 15 is 0 Å². The van der Waals surface area contributed by atoms with Crippen LogP contribution in [0.1, 0.15) is 10.4 Å². The number of carbonyl (C=O) groups is 3. The minimum Gasteiger partial charge on any atom is -0.507 e. The van der Waals surface area contributed by atoms with E-state index < -0.39 is 17.8 Å². The van der Waals surface area contributed by atoms with Crippen LogP contribution in [0.2, 0.25) is 0 Å². The molecule has 8 nitrogen and oxygen atoms in total. The molecule has 0 aliphatic carbocycles. The minimum atomic E-state index is -0.714. The van der Waals surface area contributed by atoms with Crippen LogP contribution in [0, 0.1) is 0 Å². The van der Waals surface area contributed by atoms with E-state index in [-0.39, 0.29) is 22.6 Å². The zero-order valence-electron chi connectivity index (χ0n) is 16.9. The Bertz CT molecular complexity index is 1100. The van der Waals surface area contributed by atoms with Crippen molar-refractivity contribution < 1.29 is 29.0 Å². The summed E-state index contributed by atoms with van der Waals surface area (Å²) in [4.78, 5) is 38.5. The van der Waals surface area contributed by atoms with Gasteiger partial charge in [-0.15, -0.1) is 0 Å². The molecule has 0 bridgehead atoms. The van der Waals surface area contributed by atoms with Crippen molar-refractivity contribution in [3.63, 3.8) is 0 Å². The third-order valence-corrected chi connectivity index (χ3v) is 4.44. The largest absolute Gasteiger partial charge is 0.507 e. The van der Waals surface area contributed by atoms with Crippen LogP contribution in [0.3, 0.4) is 0 Å². The van der Waals surface area contributed by atoms with Crippen LogP contribution in [0.15, 0.2) is 84.2 Å². The Morgan fingerprint density at radius 3 is 2.23 bits per heavy atom. The molecule has 2 aromatic carbocycles. The molecule has 1 heterocycles. The average Bonchev–Trinajstić information content (AvgIpc) is 3.02. The molecule has 158 valence electrons. The summed E-state index contributed by atoms with van der Waals surface area (Å²) in [6, 6.07) is 12.8. The van der Waals surface area contributed by atoms with Gasteiger partial charge in [0, 0.05) is 17.6 Å². The summed E-state index contributed by atoms with van der Waals surface area (Å²) in [5.74, 6) is -1.99. The van der Waals surface area contributed by atoms with Crippen LogP contribution in [0.25, 0.3) is 0 Å². The van der Waals surface area contributed by atoms with Crippen molar-refractivity contribution >= 4 is 29.2 Å². The number of allylic oxidation sites excluding steroid dienone is 2. The molecule has 0 radical (unpaired) electrons. The minimum absolute atomic E-state index is 0.00894. The van der Waals surface area contributed by atoms with Crippen LogP contribution < -0.4 is 10.2 Å². The summed E-state index contributed by atoms with van der Waals surface area (Å²) < 4.78 is 9.65. The quantitative estimate of drug-likeness (QED) is 0.716. The van der Waals surface area contributed by atoms with Crippen LogP contribution >= 0.6 is 0 Å². The number of phenolic OH excluding ortho intramolecular Hbond substituents is 1. The first-order chi connectivity index (χ1) is 15.0. The Morgan fingerprint density at radius 1 is 0.903 bits per heavy atom. The van der Waals surface area contributed by atoms with Gasteiger partial charge in [0.25, 0.3) is 5.91 Å². The maximum Gasteiger partial charge on any atom is 0.355 e. The molecule has 1 aliphatic rings. The molecule has 3 rings (SSSR count). The van der Waals surface area contributed by atoms with Crippen molar-refractivity contribution in [2.45, 2.75) is 0 Å². The lowest BCUT2D eigenvalue weighted by atomic mass is 10.1. The molecule has 1 aliphatic heterocycles. The van der Waals surface area contributed by atoms with Gasteiger partial charge in [-0.25, -0.2) is 9.59 Å². The fourth-order valence-electron chi connectivity index (χ4n) is 2.94. The monoisotopic (exact) mass is 420 g/mol. The number of phenols is 1. The number of ether oxygens (including phenoxy) is 2. The first-order valence-electron chi connectivity index (χ1n) is 9.20. The van der Waals surface area contributed by atoms with E-state index in [2.05, 4.69) is 5.32 Å². The lowest BCUT2D eigenvalue weighted by Gasteiger charge is -2.23. The number of hydrogen-bond donors (Lipinski definition) is 2. The lowest BCUT2D eigenvalue weighted by molar-refractivity contribution is -0.139. The zero-order chi connectivity index (χ0) is 22.4. The molecule has 8 heteroatoms. The van der Waals surface area contributed by atoms with Crippen LogP contribution in [0.5, 0.6) is 5.75 Å². The lowest BCUT2D eigenvalue weighted by Crippen LogP contribution is -2.26. The number of esters is 2. The first-order valence-corrected chi connectivity index (χ1v) is 9.20. The zero-order valence-corrected chi connectivity index (χ0v) is 16.9. The van der Waals surface area contributed by atoms with Gasteiger partial charge in [-0.1, -0.05) is 18.2 Å². The number of nitrogens with zero attached hydrogens (tertiary/aromatic N) is 1. The predicted molar refractivity (Wildman–Crippen MR) is 114 cm³/mol. The molecule has 0 saturated heterocycles. The highest BCUT2D eigenvalue weighted by Crippen LogP contribution is 2.28. The average molecular weight is 420 g/mol. The first kappa shape index (κ1) is 21.4. The number of hydrogen-bond acceptors (Lipinski definition) is 7. The fourth-order valence-corrected chi connectivity index (χ4v) is 2.94. The fraction of sp³-hybridized carbons (Fsp3) is 0.0870. The van der Waals surface area contributed by atoms with Gasteiger partial charge in [-0.05, 0) is 48.6 Å². The third-order valence-electron chi connectivity index (χ3n) is 4.44. The Hall–Kier alpha value is -4.33. The number of aromatic hydroxyl groups is 1. The molecular formula is C23H20N2O6. The maximum absolute atomic E-state index is 12.5. The van der Waals surface area contributed by atoms with E-state index in [1.807, 2.05) is 0 Å². The van der Waals surface area contributed by atoms with Crippen molar-refractivity contribution in [3.05, 3.63) is 89.8 Å². The summed E-state index contributed by atoms with van der Waals surface area (Å²) in [6.07, 6.45) is 6.34. The van der Waals surface area contributed by atoms with Crippen LogP contribution in [-0.2, 0) is 19.1 Å². The summed E-state index contributed by atoms with van der Waals surface area (Å²) in [6.45, 7) is 0. The van der Waals surface area contributed by atoms with Crippen LogP contribution in [-0.4, -0.2) is 37.2 Å². The molecule has 0 unspecified atom stereocenters. The number of anilines is 2. The van der Waals surface area contributed by atoms with E-state index in [0.717, 1.165) is 0 Å². The molecule has 0 fully saturated rings. The van der Waals surface area contributed by atoms with Crippen molar-refractivity contribution in [1.82, 2.24) is 0 Å². The van der Waals surface area contributed by atoms with E-state index in [1.165, 1.54) is 37.3 Å². The highest BCUT2D eigenvalue weighted by Gasteiger charge is 2.27. The molecule has 2 aromatic rings. The molecule has 31 heavy (non-hydrogen) atoms. The molecule has 0 saturated carbocycles. The van der Waals surface area contributed by atoms with Gasteiger partial charge in [0.05, 0.1) is 25.4 Å². The Balaban J connectivity index is 1.91. The van der Waals surface area contributed by atoms with Crippen molar-refractivity contribution in [2.75, 3.05) is 24.4 Å². The number of rotatable bonds is 5. The van der Waals surface area contributed by atoms with Gasteiger partial charge < -0.3 is 24.8 Å². The number of para-hydroxylation sites is 1. The number of nitrogens with one attached hydrogen (secondary N) is 1. The van der Waals surface area contributed by atoms with Gasteiger partial charge in [0.1, 0.15) is 11.4 Å². The van der Waals surface area contributed by atoms with E-state index in [1.54, 1.807) is 54.8 Å². The van der Waals surface area contributed by atoms with Crippen molar-refractivity contribution in [1.29, 1.82) is 0 Å². The Kier molecular flexibility index (Phi) is 6.51. The van der Waals surface area contributed by atoms with E-state index in [9.17, 15) is 19.5 Å². The predicted octanol–water partition coefficient (Wildman–Crippen LogP) is 3.13. The van der Waals surface area contributed by atoms with Crippen molar-refractivity contribution in [3.8, 4) is 5.75 Å². The summed E-state index contributed by atoms with van der Waals surface area (Å²) in [5, 5.41) is 12.5. The molecular weight excluding hydrogens is 400 g/mol. The van der Waals surface area contributed by atoms with Gasteiger partial charge in [-0.3, -0.25) is 4.79 Å². The summed E-state index contributed by atoms with van der Waals surface area (Å²) >= 11 is 0. The Morgan fingerprint density at radius 2 is 1.58 bits per heavy atom. The molecule has 0 aromatic heterocycles. The van der Waals surface area contributed by atoms with Gasteiger partial charge >= 0.3 is 11.9 Å². The van der Waals surface area contributed by atoms with E-state index in [0.29, 0.717) is 11.4 Å². The standard InChI is InChI=1S/C23H20N2O6/c1-30-22(28)18-8-5-6-14-25(20(18)23(29)31-2)16-12-10-15(11-13-16)24-21(27)17-7-3-4-9-19(17)26/h3-14,26H,1-2H3,(H,24,27). The smallest absolute Gasteiger partial charge is 0.355 e. The second kappa shape index (κ2) is 9.45. The maximum atomic E-state index is 12.5. The van der Waals surface area contributed by atoms with Gasteiger partial charge in [0.2, 0.25) is 0 Å². The van der Waals surface area contributed by atoms with Crippen LogP contribution in [0.4, 0.5) is 11.4 Å². The highest BCUT2D eigenvalue weighted by atomic mass is 16.5. The number of benzene rings is 2. The molecule has 2 N–H and O–H groups in total. The number of carbonyl (C=O) groups excluding carboxylic acids is 3. The second-order valence-corrected chi connectivity index (χ2v) is 6.33. The van der Waals surface area contributed by atoms with Gasteiger partial charge in [0.15, 0.2) is 0 Å². The second-order valence-electron chi connectivity index (χ2n) is 6.33. The SMILES string of the molecule is COC(=O)C1=C(C(=O)OC)N(c2ccc(NC(=O)c3ccccc3O)cc2)C=CC=C1. The normalized spacial score (nSPS) is 12.9. The molecule has 0 spiro atoms. The molecule has 1 amide bonds. The summed E-state index contributed by atoms with van der Waals surface area (Å²) in [7, 11) is 2.45. The van der Waals surface area contributed by atoms with Crippen molar-refractivity contribution in [2.24, 2.45) is 0 Å². The summed E-state index contributed by atoms with van der Waals surface area (Å²) in [5.41, 5.74) is 1.20. The van der Waals surface area contributed by atoms with E-state index in [4.69, 9.17) is 9.47 Å². The highest BCUT2D eigenvalue weighted by molar-refractivity contribution is 6.07. The number of methoxy groups -OCH3 is 2.